The van der Waals surface area contributed by atoms with Crippen molar-refractivity contribution in [1.82, 2.24) is 20.2 Å². The van der Waals surface area contributed by atoms with Crippen LogP contribution in [0, 0.1) is 0 Å². The molecule has 4 amide bonds. The molecule has 0 aromatic heterocycles. The van der Waals surface area contributed by atoms with Crippen LogP contribution in [0.4, 0.5) is 4.79 Å². The Morgan fingerprint density at radius 2 is 1.75 bits per heavy atom. The number of rotatable bonds is 3. The summed E-state index contributed by atoms with van der Waals surface area (Å²) in [7, 11) is 0. The van der Waals surface area contributed by atoms with Gasteiger partial charge in [0.15, 0.2) is 0 Å². The Kier molecular flexibility index (Phi) is 5.58. The molecule has 0 aliphatic carbocycles. The number of hydrogen-bond donors (Lipinski definition) is 1. The quantitative estimate of drug-likeness (QED) is 0.720. The molecule has 0 radical (unpaired) electrons. The van der Waals surface area contributed by atoms with E-state index < -0.39 is 11.9 Å². The molecule has 5 rings (SSSR count). The molecular formula is C23H28N4O5. The maximum Gasteiger partial charge on any atom is 0.428 e. The highest BCUT2D eigenvalue weighted by Gasteiger charge is 2.39. The van der Waals surface area contributed by atoms with Crippen molar-refractivity contribution in [1.29, 1.82) is 0 Å². The van der Waals surface area contributed by atoms with Crippen LogP contribution in [0.2, 0.25) is 0 Å². The van der Waals surface area contributed by atoms with Crippen molar-refractivity contribution in [3.05, 3.63) is 34.9 Å². The summed E-state index contributed by atoms with van der Waals surface area (Å²) in [6, 6.07) is 5.35. The van der Waals surface area contributed by atoms with Crippen LogP contribution < -0.4 is 5.32 Å². The fraction of sp³-hybridized carbons (Fsp3) is 0.565. The number of amides is 4. The second-order valence-corrected chi connectivity index (χ2v) is 9.07. The highest BCUT2D eigenvalue weighted by molar-refractivity contribution is 6.05. The van der Waals surface area contributed by atoms with E-state index in [1.165, 1.54) is 5.56 Å². The SMILES string of the molecule is O=C1CCC(N2Cc3cc(C4CCN(OC(=O)N5CCCC5)CC4)ccc3C2=O)C(=O)N1. The molecule has 1 N–H and O–H groups in total. The van der Waals surface area contributed by atoms with Gasteiger partial charge in [0.05, 0.1) is 0 Å². The summed E-state index contributed by atoms with van der Waals surface area (Å²) >= 11 is 0. The van der Waals surface area contributed by atoms with Crippen LogP contribution in [0.15, 0.2) is 18.2 Å². The zero-order valence-electron chi connectivity index (χ0n) is 18.0. The van der Waals surface area contributed by atoms with Gasteiger partial charge in [-0.1, -0.05) is 12.1 Å². The van der Waals surface area contributed by atoms with Gasteiger partial charge < -0.3 is 14.6 Å². The maximum absolute atomic E-state index is 12.9. The lowest BCUT2D eigenvalue weighted by atomic mass is 9.88. The molecule has 170 valence electrons. The number of piperidine rings is 2. The van der Waals surface area contributed by atoms with Gasteiger partial charge in [-0.3, -0.25) is 19.7 Å². The van der Waals surface area contributed by atoms with E-state index in [1.54, 1.807) is 14.9 Å². The minimum absolute atomic E-state index is 0.148. The first kappa shape index (κ1) is 20.9. The summed E-state index contributed by atoms with van der Waals surface area (Å²) in [6.45, 7) is 3.31. The van der Waals surface area contributed by atoms with E-state index in [2.05, 4.69) is 11.4 Å². The predicted octanol–water partition coefficient (Wildman–Crippen LogP) is 1.77. The Morgan fingerprint density at radius 3 is 2.47 bits per heavy atom. The van der Waals surface area contributed by atoms with E-state index in [9.17, 15) is 19.2 Å². The zero-order chi connectivity index (χ0) is 22.2. The molecule has 1 aromatic rings. The van der Waals surface area contributed by atoms with Gasteiger partial charge in [-0.15, -0.1) is 5.06 Å². The highest BCUT2D eigenvalue weighted by atomic mass is 16.7. The lowest BCUT2D eigenvalue weighted by Gasteiger charge is -2.31. The summed E-state index contributed by atoms with van der Waals surface area (Å²) in [5.74, 6) is -0.486. The van der Waals surface area contributed by atoms with E-state index in [0.29, 0.717) is 37.5 Å². The second-order valence-electron chi connectivity index (χ2n) is 9.07. The van der Waals surface area contributed by atoms with Crippen molar-refractivity contribution in [3.8, 4) is 0 Å². The third-order valence-corrected chi connectivity index (χ3v) is 7.04. The van der Waals surface area contributed by atoms with Gasteiger partial charge in [0, 0.05) is 44.7 Å². The lowest BCUT2D eigenvalue weighted by Crippen LogP contribution is -2.52. The normalized spacial score (nSPS) is 24.6. The van der Waals surface area contributed by atoms with Crippen molar-refractivity contribution in [2.75, 3.05) is 26.2 Å². The topological polar surface area (TPSA) is 99.3 Å². The van der Waals surface area contributed by atoms with Gasteiger partial charge in [-0.05, 0) is 55.2 Å². The summed E-state index contributed by atoms with van der Waals surface area (Å²) < 4.78 is 0. The summed E-state index contributed by atoms with van der Waals surface area (Å²) in [5.41, 5.74) is 2.74. The maximum atomic E-state index is 12.9. The predicted molar refractivity (Wildman–Crippen MR) is 113 cm³/mol. The summed E-state index contributed by atoms with van der Waals surface area (Å²) in [5, 5.41) is 4.10. The minimum Gasteiger partial charge on any atom is -0.351 e. The standard InChI is InChI=1S/C23H28N4O5/c28-20-6-5-19(21(29)24-20)27-14-17-13-16(3-4-18(17)22(27)30)15-7-11-26(12-8-15)32-23(31)25-9-1-2-10-25/h3-4,13,15,19H,1-2,5-12,14H2,(H,24,28,29). The Labute approximate surface area is 186 Å². The number of fused-ring (bicyclic) bond motifs is 1. The summed E-state index contributed by atoms with van der Waals surface area (Å²) in [4.78, 5) is 57.6. The van der Waals surface area contributed by atoms with Gasteiger partial charge in [0.1, 0.15) is 6.04 Å². The molecule has 4 aliphatic heterocycles. The minimum atomic E-state index is -0.593. The van der Waals surface area contributed by atoms with Crippen LogP contribution >= 0.6 is 0 Å². The van der Waals surface area contributed by atoms with E-state index in [-0.39, 0.29) is 24.3 Å². The van der Waals surface area contributed by atoms with Crippen LogP contribution in [0.1, 0.15) is 65.9 Å². The Bertz CT molecular complexity index is 950. The molecule has 9 nitrogen and oxygen atoms in total. The van der Waals surface area contributed by atoms with Crippen molar-refractivity contribution < 1.29 is 24.0 Å². The fourth-order valence-corrected chi connectivity index (χ4v) is 5.20. The molecule has 1 atom stereocenters. The molecular weight excluding hydrogens is 412 g/mol. The molecule has 4 aliphatic rings. The zero-order valence-corrected chi connectivity index (χ0v) is 18.0. The first-order valence-electron chi connectivity index (χ1n) is 11.5. The smallest absolute Gasteiger partial charge is 0.351 e. The number of hydrogen-bond acceptors (Lipinski definition) is 6. The highest BCUT2D eigenvalue weighted by Crippen LogP contribution is 2.33. The third kappa shape index (κ3) is 3.97. The van der Waals surface area contributed by atoms with Crippen molar-refractivity contribution in [2.24, 2.45) is 0 Å². The molecule has 9 heteroatoms. The van der Waals surface area contributed by atoms with Gasteiger partial charge in [0.2, 0.25) is 11.8 Å². The van der Waals surface area contributed by atoms with Gasteiger partial charge in [0.25, 0.3) is 5.91 Å². The molecule has 4 heterocycles. The number of carbonyl (C=O) groups is 4. The van der Waals surface area contributed by atoms with Crippen LogP contribution in [0.5, 0.6) is 0 Å². The molecule has 0 bridgehead atoms. The van der Waals surface area contributed by atoms with E-state index >= 15 is 0 Å². The molecule has 3 fully saturated rings. The Morgan fingerprint density at radius 1 is 1.00 bits per heavy atom. The van der Waals surface area contributed by atoms with E-state index in [4.69, 9.17) is 4.84 Å². The first-order valence-corrected chi connectivity index (χ1v) is 11.5. The number of nitrogens with zero attached hydrogens (tertiary/aromatic N) is 3. The molecule has 0 spiro atoms. The van der Waals surface area contributed by atoms with Crippen molar-refractivity contribution >= 4 is 23.8 Å². The molecule has 0 saturated carbocycles. The molecule has 3 saturated heterocycles. The third-order valence-electron chi connectivity index (χ3n) is 7.04. The van der Waals surface area contributed by atoms with Crippen molar-refractivity contribution in [2.45, 2.75) is 57.0 Å². The second kappa shape index (κ2) is 8.54. The number of benzene rings is 1. The van der Waals surface area contributed by atoms with Crippen molar-refractivity contribution in [3.63, 3.8) is 0 Å². The monoisotopic (exact) mass is 440 g/mol. The lowest BCUT2D eigenvalue weighted by molar-refractivity contribution is -0.136. The first-order chi connectivity index (χ1) is 15.5. The van der Waals surface area contributed by atoms with Gasteiger partial charge in [-0.2, -0.15) is 0 Å². The van der Waals surface area contributed by atoms with Crippen LogP contribution in [-0.4, -0.2) is 70.9 Å². The van der Waals surface area contributed by atoms with Crippen LogP contribution in [-0.2, 0) is 21.0 Å². The van der Waals surface area contributed by atoms with E-state index in [0.717, 1.165) is 44.3 Å². The van der Waals surface area contributed by atoms with E-state index in [1.807, 2.05) is 12.1 Å². The molecule has 32 heavy (non-hydrogen) atoms. The molecule has 1 aromatic carbocycles. The van der Waals surface area contributed by atoms with Crippen LogP contribution in [0.25, 0.3) is 0 Å². The number of imide groups is 1. The number of nitrogens with one attached hydrogen (secondary N) is 1. The average molecular weight is 441 g/mol. The number of hydroxylamine groups is 2. The summed E-state index contributed by atoms with van der Waals surface area (Å²) in [6.07, 6.45) is 4.20. The Hall–Kier alpha value is -2.94. The largest absolute Gasteiger partial charge is 0.428 e. The average Bonchev–Trinajstić information content (AvgIpc) is 3.43. The fourth-order valence-electron chi connectivity index (χ4n) is 5.20. The van der Waals surface area contributed by atoms with Crippen LogP contribution in [0.3, 0.4) is 0 Å². The van der Waals surface area contributed by atoms with Gasteiger partial charge >= 0.3 is 6.09 Å². The number of carbonyl (C=O) groups excluding carboxylic acids is 4. The molecule has 1 unspecified atom stereocenters. The Balaban J connectivity index is 1.20. The number of likely N-dealkylation sites (tertiary alicyclic amines) is 1. The van der Waals surface area contributed by atoms with Gasteiger partial charge in [-0.25, -0.2) is 4.79 Å².